The molecule has 0 aliphatic carbocycles. The summed E-state index contributed by atoms with van der Waals surface area (Å²) in [6, 6.07) is 28.2. The van der Waals surface area contributed by atoms with Crippen LogP contribution in [0.1, 0.15) is 11.1 Å². The summed E-state index contributed by atoms with van der Waals surface area (Å²) in [5.41, 5.74) is 4.23. The van der Waals surface area contributed by atoms with Crippen molar-refractivity contribution in [1.29, 1.82) is 0 Å². The van der Waals surface area contributed by atoms with Gasteiger partial charge in [0.15, 0.2) is 0 Å². The highest BCUT2D eigenvalue weighted by atomic mass is 32.2. The number of rotatable bonds is 9. The van der Waals surface area contributed by atoms with E-state index in [2.05, 4.69) is 22.6 Å². The van der Waals surface area contributed by atoms with Crippen molar-refractivity contribution in [3.05, 3.63) is 113 Å². The first kappa shape index (κ1) is 26.2. The van der Waals surface area contributed by atoms with Crippen LogP contribution in [0.2, 0.25) is 0 Å². The third-order valence-electron chi connectivity index (χ3n) is 5.73. The highest BCUT2D eigenvalue weighted by molar-refractivity contribution is 7.98. The highest BCUT2D eigenvalue weighted by Gasteiger charge is 2.16. The summed E-state index contributed by atoms with van der Waals surface area (Å²) in [6.07, 6.45) is 2.04. The molecule has 0 unspecified atom stereocenters. The summed E-state index contributed by atoms with van der Waals surface area (Å²) in [5, 5.41) is 16.2. The molecule has 192 valence electrons. The lowest BCUT2D eigenvalue weighted by atomic mass is 10.0. The molecule has 3 aromatic carbocycles. The third kappa shape index (κ3) is 5.86. The van der Waals surface area contributed by atoms with E-state index in [9.17, 15) is 13.5 Å². The van der Waals surface area contributed by atoms with Gasteiger partial charge in [0.25, 0.3) is 10.0 Å². The zero-order valence-electron chi connectivity index (χ0n) is 20.2. The molecule has 0 N–H and O–H groups in total. The van der Waals surface area contributed by atoms with E-state index in [4.69, 9.17) is 4.74 Å². The van der Waals surface area contributed by atoms with Gasteiger partial charge >= 0.3 is 0 Å². The van der Waals surface area contributed by atoms with Crippen molar-refractivity contribution in [1.82, 2.24) is 0 Å². The van der Waals surface area contributed by atoms with E-state index in [1.807, 2.05) is 60.2 Å². The van der Waals surface area contributed by atoms with Crippen LogP contribution in [-0.2, 0) is 16.6 Å². The number of thioether (sulfide) groups is 1. The van der Waals surface area contributed by atoms with Crippen molar-refractivity contribution in [3.63, 3.8) is 0 Å². The molecule has 0 fully saturated rings. The lowest BCUT2D eigenvalue weighted by Crippen LogP contribution is -2.20. The Morgan fingerprint density at radius 3 is 2.39 bits per heavy atom. The molecule has 9 heteroatoms. The van der Waals surface area contributed by atoms with Crippen molar-refractivity contribution < 1.29 is 18.3 Å². The number of nitrogens with zero attached hydrogens (tertiary/aromatic N) is 1. The van der Waals surface area contributed by atoms with Crippen molar-refractivity contribution in [3.8, 4) is 27.3 Å². The molecule has 0 spiro atoms. The van der Waals surface area contributed by atoms with E-state index in [0.29, 0.717) is 6.61 Å². The van der Waals surface area contributed by atoms with Crippen LogP contribution in [0, 0.1) is 0 Å². The van der Waals surface area contributed by atoms with Crippen LogP contribution >= 0.6 is 34.4 Å². The Morgan fingerprint density at radius 1 is 0.895 bits per heavy atom. The van der Waals surface area contributed by atoms with E-state index in [-0.39, 0.29) is 9.77 Å². The molecule has 0 saturated heterocycles. The number of hydrogen-bond acceptors (Lipinski definition) is 7. The van der Waals surface area contributed by atoms with Crippen LogP contribution in [0.25, 0.3) is 21.6 Å². The van der Waals surface area contributed by atoms with Crippen molar-refractivity contribution in [2.45, 2.75) is 15.7 Å². The summed E-state index contributed by atoms with van der Waals surface area (Å²) in [5.74, 6) is -0.00342. The Hall–Kier alpha value is -3.37. The summed E-state index contributed by atoms with van der Waals surface area (Å²) < 4.78 is 34.5. The Morgan fingerprint density at radius 2 is 1.68 bits per heavy atom. The van der Waals surface area contributed by atoms with Gasteiger partial charge < -0.3 is 9.84 Å². The van der Waals surface area contributed by atoms with Gasteiger partial charge in [0.05, 0.1) is 0 Å². The van der Waals surface area contributed by atoms with Crippen LogP contribution in [0.15, 0.2) is 115 Å². The second-order valence-corrected chi connectivity index (χ2v) is 12.8. The minimum Gasteiger partial charge on any atom is -0.858 e. The van der Waals surface area contributed by atoms with E-state index in [1.54, 1.807) is 46.7 Å². The second-order valence-electron chi connectivity index (χ2n) is 8.18. The van der Waals surface area contributed by atoms with Gasteiger partial charge in [-0.3, -0.25) is 0 Å². The Labute approximate surface area is 234 Å². The molecule has 0 aliphatic rings. The van der Waals surface area contributed by atoms with Crippen LogP contribution in [0.4, 0.5) is 0 Å². The van der Waals surface area contributed by atoms with E-state index < -0.39 is 15.9 Å². The van der Waals surface area contributed by atoms with Crippen molar-refractivity contribution >= 4 is 50.4 Å². The Kier molecular flexibility index (Phi) is 7.99. The van der Waals surface area contributed by atoms with Gasteiger partial charge in [-0.1, -0.05) is 60.7 Å². The SMILES string of the molecule is CSc1ccc(OCc2ccccc2)c(-c2ccsc2-c2ccc(/C([O-])=N/S(=O)(=O)c3cccs3)cc2)c1. The first-order valence-corrected chi connectivity index (χ1v) is 16.0. The number of hydrogen-bond donors (Lipinski definition) is 0. The zero-order chi connectivity index (χ0) is 26.5. The standard InChI is InChI=1S/C29H23NO4S4/c1-35-23-13-14-26(34-19-20-6-3-2-4-7-20)25(18-23)24-15-17-37-28(24)21-9-11-22(12-10-21)29(31)30-38(32,33)27-8-5-16-36-27/h2-18H,19H2,1H3,(H,30,31)/p-1. The second kappa shape index (κ2) is 11.6. The van der Waals surface area contributed by atoms with Crippen molar-refractivity contribution in [2.24, 2.45) is 4.40 Å². The molecular formula is C29H22NO4S4-. The maximum atomic E-state index is 12.6. The summed E-state index contributed by atoms with van der Waals surface area (Å²) in [7, 11) is -4.02. The average molecular weight is 577 g/mol. The van der Waals surface area contributed by atoms with Gasteiger partial charge in [0, 0.05) is 26.8 Å². The van der Waals surface area contributed by atoms with Crippen molar-refractivity contribution in [2.75, 3.05) is 6.26 Å². The molecule has 5 nitrogen and oxygen atoms in total. The summed E-state index contributed by atoms with van der Waals surface area (Å²) in [6.45, 7) is 0.459. The fraction of sp³-hybridized carbons (Fsp3) is 0.0690. The topological polar surface area (TPSA) is 78.8 Å². The smallest absolute Gasteiger partial charge is 0.291 e. The zero-order valence-corrected chi connectivity index (χ0v) is 23.5. The minimum atomic E-state index is -4.02. The predicted molar refractivity (Wildman–Crippen MR) is 156 cm³/mol. The monoisotopic (exact) mass is 576 g/mol. The minimum absolute atomic E-state index is 0.0449. The Bertz CT molecular complexity index is 1660. The molecule has 2 heterocycles. The van der Waals surface area contributed by atoms with E-state index in [1.165, 1.54) is 6.07 Å². The molecular weight excluding hydrogens is 555 g/mol. The first-order chi connectivity index (χ1) is 18.4. The van der Waals surface area contributed by atoms with Crippen LogP contribution in [0.3, 0.4) is 0 Å². The van der Waals surface area contributed by atoms with Gasteiger partial charge in [-0.15, -0.1) is 34.4 Å². The first-order valence-electron chi connectivity index (χ1n) is 11.5. The molecule has 0 radical (unpaired) electrons. The Balaban J connectivity index is 1.44. The molecule has 0 amide bonds. The lowest BCUT2D eigenvalue weighted by Gasteiger charge is -2.15. The fourth-order valence-electron chi connectivity index (χ4n) is 3.83. The molecule has 0 atom stereocenters. The van der Waals surface area contributed by atoms with Gasteiger partial charge in [-0.2, -0.15) is 12.8 Å². The lowest BCUT2D eigenvalue weighted by molar-refractivity contribution is -0.212. The predicted octanol–water partition coefficient (Wildman–Crippen LogP) is 6.94. The number of thiophene rings is 2. The molecule has 0 bridgehead atoms. The molecule has 5 aromatic rings. The molecule has 2 aromatic heterocycles. The maximum absolute atomic E-state index is 12.6. The van der Waals surface area contributed by atoms with Gasteiger partial charge in [-0.05, 0) is 64.0 Å². The van der Waals surface area contributed by atoms with E-state index in [0.717, 1.165) is 49.1 Å². The number of sulfonamides is 1. The van der Waals surface area contributed by atoms with Gasteiger partial charge in [-0.25, -0.2) is 0 Å². The molecule has 0 aliphatic heterocycles. The molecule has 5 rings (SSSR count). The van der Waals surface area contributed by atoms with Crippen LogP contribution in [0.5, 0.6) is 5.75 Å². The fourth-order valence-corrected chi connectivity index (χ4v) is 7.07. The number of ether oxygens (including phenoxy) is 1. The largest absolute Gasteiger partial charge is 0.858 e. The highest BCUT2D eigenvalue weighted by Crippen LogP contribution is 2.42. The normalized spacial score (nSPS) is 12.0. The van der Waals surface area contributed by atoms with Gasteiger partial charge in [0.1, 0.15) is 16.6 Å². The maximum Gasteiger partial charge on any atom is 0.291 e. The average Bonchev–Trinajstić information content (AvgIpc) is 3.66. The van der Waals surface area contributed by atoms with Crippen LogP contribution in [-0.4, -0.2) is 20.6 Å². The summed E-state index contributed by atoms with van der Waals surface area (Å²) in [4.78, 5) is 2.15. The molecule has 38 heavy (non-hydrogen) atoms. The number of benzene rings is 3. The quantitative estimate of drug-likeness (QED) is 0.108. The van der Waals surface area contributed by atoms with Crippen LogP contribution < -0.4 is 9.84 Å². The summed E-state index contributed by atoms with van der Waals surface area (Å²) >= 11 is 4.29. The molecule has 0 saturated carbocycles. The van der Waals surface area contributed by atoms with Gasteiger partial charge in [0.2, 0.25) is 0 Å². The van der Waals surface area contributed by atoms with E-state index >= 15 is 0 Å². The third-order valence-corrected chi connectivity index (χ3v) is 10.0.